The zero-order valence-corrected chi connectivity index (χ0v) is 16.9. The number of hydrogen-bond acceptors (Lipinski definition) is 7. The maximum absolute atomic E-state index is 13.3. The molecule has 1 saturated carbocycles. The van der Waals surface area contributed by atoms with Gasteiger partial charge < -0.3 is 18.6 Å². The Hall–Kier alpha value is -2.57. The lowest BCUT2D eigenvalue weighted by Gasteiger charge is -2.51. The molecule has 1 spiro atoms. The molecule has 0 bridgehead atoms. The van der Waals surface area contributed by atoms with Crippen molar-refractivity contribution in [2.75, 3.05) is 14.2 Å². The summed E-state index contributed by atoms with van der Waals surface area (Å²) in [5, 5.41) is 0. The summed E-state index contributed by atoms with van der Waals surface area (Å²) in [6.07, 6.45) is 6.94. The Morgan fingerprint density at radius 2 is 2.03 bits per heavy atom. The van der Waals surface area contributed by atoms with Crippen molar-refractivity contribution in [3.05, 3.63) is 35.8 Å². The molecular formula is C22H26O7. The van der Waals surface area contributed by atoms with Crippen molar-refractivity contribution >= 4 is 17.9 Å². The monoisotopic (exact) mass is 402 g/mol. The quantitative estimate of drug-likeness (QED) is 0.566. The summed E-state index contributed by atoms with van der Waals surface area (Å²) in [6, 6.07) is 1.81. The number of cyclic esters (lactones) is 1. The predicted molar refractivity (Wildman–Crippen MR) is 100 cm³/mol. The lowest BCUT2D eigenvalue weighted by Crippen LogP contribution is -2.54. The highest BCUT2D eigenvalue weighted by Gasteiger charge is 2.65. The van der Waals surface area contributed by atoms with Gasteiger partial charge in [-0.25, -0.2) is 4.79 Å². The second-order valence-corrected chi connectivity index (χ2v) is 8.32. The molecule has 4 rings (SSSR count). The minimum atomic E-state index is -0.759. The smallest absolute Gasteiger partial charge is 0.333 e. The molecule has 2 aliphatic carbocycles. The van der Waals surface area contributed by atoms with Gasteiger partial charge in [-0.05, 0) is 37.2 Å². The molecule has 1 aliphatic heterocycles. The maximum Gasteiger partial charge on any atom is 0.333 e. The second kappa shape index (κ2) is 7.35. The van der Waals surface area contributed by atoms with Crippen LogP contribution in [-0.4, -0.2) is 32.1 Å². The molecule has 0 radical (unpaired) electrons. The van der Waals surface area contributed by atoms with Gasteiger partial charge in [0.2, 0.25) is 0 Å². The van der Waals surface area contributed by atoms with Crippen LogP contribution >= 0.6 is 0 Å². The van der Waals surface area contributed by atoms with Gasteiger partial charge in [0.1, 0.15) is 6.10 Å². The van der Waals surface area contributed by atoms with Gasteiger partial charge >= 0.3 is 17.9 Å². The van der Waals surface area contributed by atoms with Crippen molar-refractivity contribution in [3.8, 4) is 0 Å². The van der Waals surface area contributed by atoms with Crippen molar-refractivity contribution in [2.45, 2.75) is 38.7 Å². The summed E-state index contributed by atoms with van der Waals surface area (Å²) >= 11 is 0. The van der Waals surface area contributed by atoms with E-state index in [-0.39, 0.29) is 29.9 Å². The molecule has 1 aromatic rings. The van der Waals surface area contributed by atoms with Gasteiger partial charge in [-0.2, -0.15) is 0 Å². The molecule has 2 heterocycles. The molecule has 2 fully saturated rings. The van der Waals surface area contributed by atoms with E-state index in [9.17, 15) is 14.4 Å². The first-order valence-electron chi connectivity index (χ1n) is 10.0. The number of furan rings is 1. The summed E-state index contributed by atoms with van der Waals surface area (Å²) in [6.45, 7) is 2.00. The Morgan fingerprint density at radius 3 is 2.69 bits per heavy atom. The van der Waals surface area contributed by atoms with E-state index in [1.165, 1.54) is 14.2 Å². The van der Waals surface area contributed by atoms with Crippen LogP contribution in [0.15, 0.2) is 34.7 Å². The van der Waals surface area contributed by atoms with Crippen LogP contribution in [0.25, 0.3) is 0 Å². The molecule has 7 heteroatoms. The van der Waals surface area contributed by atoms with Crippen LogP contribution in [0, 0.1) is 29.1 Å². The van der Waals surface area contributed by atoms with E-state index in [0.29, 0.717) is 31.3 Å². The van der Waals surface area contributed by atoms with Gasteiger partial charge in [-0.15, -0.1) is 0 Å². The maximum atomic E-state index is 13.3. The molecule has 0 N–H and O–H groups in total. The Morgan fingerprint density at radius 1 is 1.24 bits per heavy atom. The van der Waals surface area contributed by atoms with E-state index in [0.717, 1.165) is 5.56 Å². The average Bonchev–Trinajstić information content (AvgIpc) is 3.38. The van der Waals surface area contributed by atoms with Crippen molar-refractivity contribution in [2.24, 2.45) is 29.1 Å². The molecule has 29 heavy (non-hydrogen) atoms. The molecule has 6 atom stereocenters. The SMILES string of the molecule is COC(=O)C1=CCC[C@@H]2[C@@H]1[C@H](C(=O)OC)C[C@H](C)[C@]21C[C@H](c2ccoc2)OC1=O. The zero-order valence-electron chi connectivity index (χ0n) is 16.9. The molecular weight excluding hydrogens is 376 g/mol. The Balaban J connectivity index is 1.77. The fraction of sp³-hybridized carbons (Fsp3) is 0.591. The standard InChI is InChI=1S/C22H26O7/c1-12-9-15(20(24)27-3)18-14(19(23)26-2)5-4-6-16(18)22(12)10-17(29-21(22)25)13-7-8-28-11-13/h5,7-8,11-12,15-18H,4,6,9-10H2,1-3H3/t12-,15+,16+,17+,18-,22+/m0/s1. The molecule has 3 aliphatic rings. The first-order valence-corrected chi connectivity index (χ1v) is 10.0. The molecule has 0 amide bonds. The lowest BCUT2D eigenvalue weighted by molar-refractivity contribution is -0.168. The first-order chi connectivity index (χ1) is 13.9. The van der Waals surface area contributed by atoms with Crippen LogP contribution in [0.2, 0.25) is 0 Å². The summed E-state index contributed by atoms with van der Waals surface area (Å²) < 4.78 is 21.0. The zero-order chi connectivity index (χ0) is 20.8. The Kier molecular flexibility index (Phi) is 5.00. The topological polar surface area (TPSA) is 92.0 Å². The third-order valence-corrected chi connectivity index (χ3v) is 7.21. The molecule has 0 unspecified atom stereocenters. The number of carbonyl (C=O) groups excluding carboxylic acids is 3. The number of esters is 3. The number of fused-ring (bicyclic) bond motifs is 2. The predicted octanol–water partition coefficient (Wildman–Crippen LogP) is 3.21. The highest BCUT2D eigenvalue weighted by atomic mass is 16.6. The van der Waals surface area contributed by atoms with Gasteiger partial charge in [-0.3, -0.25) is 9.59 Å². The third kappa shape index (κ3) is 2.90. The number of methoxy groups -OCH3 is 2. The lowest BCUT2D eigenvalue weighted by atomic mass is 9.49. The van der Waals surface area contributed by atoms with Crippen molar-refractivity contribution in [1.82, 2.24) is 0 Å². The van der Waals surface area contributed by atoms with E-state index in [2.05, 4.69) is 0 Å². The van der Waals surface area contributed by atoms with E-state index in [1.54, 1.807) is 18.6 Å². The fourth-order valence-corrected chi connectivity index (χ4v) is 5.88. The molecule has 0 aromatic carbocycles. The van der Waals surface area contributed by atoms with Gasteiger partial charge in [0.25, 0.3) is 0 Å². The number of ether oxygens (including phenoxy) is 3. The van der Waals surface area contributed by atoms with Gasteiger partial charge in [-0.1, -0.05) is 13.0 Å². The van der Waals surface area contributed by atoms with Crippen LogP contribution in [0.4, 0.5) is 0 Å². The van der Waals surface area contributed by atoms with Gasteiger partial charge in [0.15, 0.2) is 0 Å². The Labute approximate surface area is 169 Å². The largest absolute Gasteiger partial charge is 0.472 e. The number of rotatable bonds is 3. The summed E-state index contributed by atoms with van der Waals surface area (Å²) in [5.74, 6) is -2.24. The normalized spacial score (nSPS) is 36.2. The summed E-state index contributed by atoms with van der Waals surface area (Å²) in [4.78, 5) is 38.5. The van der Waals surface area contributed by atoms with Gasteiger partial charge in [0.05, 0.1) is 38.1 Å². The van der Waals surface area contributed by atoms with Crippen LogP contribution in [-0.2, 0) is 28.6 Å². The average molecular weight is 402 g/mol. The van der Waals surface area contributed by atoms with Gasteiger partial charge in [0, 0.05) is 23.5 Å². The van der Waals surface area contributed by atoms with Crippen molar-refractivity contribution in [3.63, 3.8) is 0 Å². The number of allylic oxidation sites excluding steroid dienone is 1. The van der Waals surface area contributed by atoms with E-state index in [1.807, 2.05) is 13.0 Å². The fourth-order valence-electron chi connectivity index (χ4n) is 5.88. The minimum Gasteiger partial charge on any atom is -0.472 e. The minimum absolute atomic E-state index is 0.0887. The van der Waals surface area contributed by atoms with E-state index < -0.39 is 23.2 Å². The summed E-state index contributed by atoms with van der Waals surface area (Å²) in [7, 11) is 2.69. The van der Waals surface area contributed by atoms with Crippen LogP contribution < -0.4 is 0 Å². The van der Waals surface area contributed by atoms with E-state index >= 15 is 0 Å². The van der Waals surface area contributed by atoms with Crippen LogP contribution in [0.1, 0.15) is 44.3 Å². The Bertz CT molecular complexity index is 839. The second-order valence-electron chi connectivity index (χ2n) is 8.32. The van der Waals surface area contributed by atoms with Crippen molar-refractivity contribution < 1.29 is 33.0 Å². The summed E-state index contributed by atoms with van der Waals surface area (Å²) in [5.41, 5.74) is 0.545. The highest BCUT2D eigenvalue weighted by molar-refractivity contribution is 5.91. The molecule has 7 nitrogen and oxygen atoms in total. The third-order valence-electron chi connectivity index (χ3n) is 7.21. The van der Waals surface area contributed by atoms with E-state index in [4.69, 9.17) is 18.6 Å². The van der Waals surface area contributed by atoms with Crippen molar-refractivity contribution in [1.29, 1.82) is 0 Å². The van der Waals surface area contributed by atoms with Crippen LogP contribution in [0.3, 0.4) is 0 Å². The highest BCUT2D eigenvalue weighted by Crippen LogP contribution is 2.62. The molecule has 156 valence electrons. The number of hydrogen-bond donors (Lipinski definition) is 0. The molecule has 1 saturated heterocycles. The first kappa shape index (κ1) is 19.7. The number of carbonyl (C=O) groups is 3. The van der Waals surface area contributed by atoms with Crippen LogP contribution in [0.5, 0.6) is 0 Å². The molecule has 1 aromatic heterocycles.